The van der Waals surface area contributed by atoms with Crippen LogP contribution in [0.1, 0.15) is 23.4 Å². The molecule has 0 saturated heterocycles. The fraction of sp³-hybridized carbons (Fsp3) is 0.500. The van der Waals surface area contributed by atoms with Crippen LogP contribution in [0.25, 0.3) is 0 Å². The monoisotopic (exact) mass is 234 g/mol. The van der Waals surface area contributed by atoms with Crippen LogP contribution in [0.15, 0.2) is 12.7 Å². The third-order valence-electron chi connectivity index (χ3n) is 2.87. The summed E-state index contributed by atoms with van der Waals surface area (Å²) in [5, 5.41) is 3.45. The highest BCUT2D eigenvalue weighted by atomic mass is 19.3. The Morgan fingerprint density at radius 3 is 2.69 bits per heavy atom. The molecule has 0 bridgehead atoms. The van der Waals surface area contributed by atoms with Gasteiger partial charge in [-0.3, -0.25) is 4.68 Å². The van der Waals surface area contributed by atoms with Gasteiger partial charge in [-0.15, -0.1) is 6.58 Å². The lowest BCUT2D eigenvalue weighted by atomic mass is 10.0. The quantitative estimate of drug-likeness (QED) is 0.568. The molecule has 16 heavy (non-hydrogen) atoms. The fourth-order valence-electron chi connectivity index (χ4n) is 2.14. The van der Waals surface area contributed by atoms with Crippen LogP contribution in [0.2, 0.25) is 0 Å². The maximum atomic E-state index is 13.8. The standard InChI is InChI=1S/C10H10F4N2/c1-3-5-4-6-7(9(11)12)15-16(2)8(6)10(5,13)14/h3,5,9H,1,4H2,2H3/t5-/m1/s1. The van der Waals surface area contributed by atoms with Gasteiger partial charge in [0.05, 0.1) is 5.92 Å². The van der Waals surface area contributed by atoms with Gasteiger partial charge >= 0.3 is 0 Å². The first kappa shape index (κ1) is 11.2. The smallest absolute Gasteiger partial charge is 0.266 e. The summed E-state index contributed by atoms with van der Waals surface area (Å²) in [6.07, 6.45) is -1.84. The van der Waals surface area contributed by atoms with E-state index in [1.165, 1.54) is 7.05 Å². The van der Waals surface area contributed by atoms with Gasteiger partial charge in [0.2, 0.25) is 0 Å². The van der Waals surface area contributed by atoms with E-state index in [0.717, 1.165) is 10.8 Å². The number of fused-ring (bicyclic) bond motifs is 1. The Morgan fingerprint density at radius 2 is 2.19 bits per heavy atom. The van der Waals surface area contributed by atoms with Crippen molar-refractivity contribution < 1.29 is 17.6 Å². The second-order valence-electron chi connectivity index (χ2n) is 3.81. The minimum Gasteiger partial charge on any atom is -0.266 e. The lowest BCUT2D eigenvalue weighted by Crippen LogP contribution is -2.22. The zero-order valence-corrected chi connectivity index (χ0v) is 8.55. The highest BCUT2D eigenvalue weighted by Crippen LogP contribution is 2.48. The minimum atomic E-state index is -3.16. The van der Waals surface area contributed by atoms with E-state index >= 15 is 0 Å². The molecule has 1 atom stereocenters. The molecule has 0 radical (unpaired) electrons. The normalized spacial score (nSPS) is 22.5. The molecule has 1 heterocycles. The number of halogens is 4. The van der Waals surface area contributed by atoms with E-state index in [-0.39, 0.29) is 12.0 Å². The number of alkyl halides is 4. The Kier molecular flexibility index (Phi) is 2.32. The highest BCUT2D eigenvalue weighted by molar-refractivity contribution is 5.37. The number of aryl methyl sites for hydroxylation is 1. The molecular weight excluding hydrogens is 224 g/mol. The molecule has 1 aliphatic rings. The Hall–Kier alpha value is -1.33. The van der Waals surface area contributed by atoms with Gasteiger partial charge in [0.1, 0.15) is 11.4 Å². The summed E-state index contributed by atoms with van der Waals surface area (Å²) in [4.78, 5) is 0. The molecule has 0 spiro atoms. The third-order valence-corrected chi connectivity index (χ3v) is 2.87. The lowest BCUT2D eigenvalue weighted by Gasteiger charge is -2.16. The summed E-state index contributed by atoms with van der Waals surface area (Å²) in [5.74, 6) is -4.28. The van der Waals surface area contributed by atoms with Crippen LogP contribution in [0.4, 0.5) is 17.6 Å². The van der Waals surface area contributed by atoms with E-state index in [1.807, 2.05) is 0 Å². The van der Waals surface area contributed by atoms with Crippen LogP contribution in [-0.2, 0) is 19.4 Å². The second kappa shape index (κ2) is 3.33. The van der Waals surface area contributed by atoms with Gasteiger partial charge in [-0.25, -0.2) is 8.78 Å². The Morgan fingerprint density at radius 1 is 1.56 bits per heavy atom. The van der Waals surface area contributed by atoms with E-state index in [0.29, 0.717) is 0 Å². The number of nitrogens with zero attached hydrogens (tertiary/aromatic N) is 2. The molecule has 0 unspecified atom stereocenters. The molecule has 1 aliphatic carbocycles. The predicted molar refractivity (Wildman–Crippen MR) is 49.5 cm³/mol. The van der Waals surface area contributed by atoms with Gasteiger partial charge in [0.15, 0.2) is 0 Å². The number of rotatable bonds is 2. The average molecular weight is 234 g/mol. The van der Waals surface area contributed by atoms with E-state index in [2.05, 4.69) is 11.7 Å². The maximum absolute atomic E-state index is 13.8. The fourth-order valence-corrected chi connectivity index (χ4v) is 2.14. The van der Waals surface area contributed by atoms with E-state index < -0.39 is 29.7 Å². The Balaban J connectivity index is 2.59. The highest BCUT2D eigenvalue weighted by Gasteiger charge is 2.51. The van der Waals surface area contributed by atoms with Crippen molar-refractivity contribution in [3.63, 3.8) is 0 Å². The van der Waals surface area contributed by atoms with Gasteiger partial charge in [-0.05, 0) is 6.42 Å². The lowest BCUT2D eigenvalue weighted by molar-refractivity contribution is -0.0416. The first-order valence-corrected chi connectivity index (χ1v) is 4.74. The van der Waals surface area contributed by atoms with Crippen LogP contribution >= 0.6 is 0 Å². The first-order valence-electron chi connectivity index (χ1n) is 4.74. The summed E-state index contributed by atoms with van der Waals surface area (Å²) in [7, 11) is 1.25. The number of hydrogen-bond donors (Lipinski definition) is 0. The van der Waals surface area contributed by atoms with Crippen molar-refractivity contribution in [2.24, 2.45) is 13.0 Å². The van der Waals surface area contributed by atoms with Gasteiger partial charge in [0, 0.05) is 12.6 Å². The minimum absolute atomic E-state index is 0.0348. The molecule has 2 nitrogen and oxygen atoms in total. The molecule has 0 amide bonds. The van der Waals surface area contributed by atoms with Gasteiger partial charge in [-0.1, -0.05) is 6.08 Å². The Labute approximate surface area is 89.6 Å². The van der Waals surface area contributed by atoms with Crippen molar-refractivity contribution in [3.05, 3.63) is 29.6 Å². The Bertz CT molecular complexity index is 436. The molecule has 6 heteroatoms. The van der Waals surface area contributed by atoms with E-state index in [4.69, 9.17) is 0 Å². The summed E-state index contributed by atoms with van der Waals surface area (Å²) >= 11 is 0. The molecule has 2 rings (SSSR count). The second-order valence-corrected chi connectivity index (χ2v) is 3.81. The SMILES string of the molecule is C=C[C@@H]1Cc2c(C(F)F)nn(C)c2C1(F)F. The van der Waals surface area contributed by atoms with Crippen molar-refractivity contribution >= 4 is 0 Å². The van der Waals surface area contributed by atoms with Crippen LogP contribution in [0.3, 0.4) is 0 Å². The van der Waals surface area contributed by atoms with E-state index in [1.54, 1.807) is 0 Å². The zero-order chi connectivity index (χ0) is 12.1. The summed E-state index contributed by atoms with van der Waals surface area (Å²) in [6.45, 7) is 3.31. The van der Waals surface area contributed by atoms with Crippen LogP contribution in [0.5, 0.6) is 0 Å². The van der Waals surface area contributed by atoms with E-state index in [9.17, 15) is 17.6 Å². The molecule has 0 N–H and O–H groups in total. The third kappa shape index (κ3) is 1.28. The van der Waals surface area contributed by atoms with Gasteiger partial charge < -0.3 is 0 Å². The zero-order valence-electron chi connectivity index (χ0n) is 8.55. The first-order chi connectivity index (χ1) is 7.39. The number of hydrogen-bond acceptors (Lipinski definition) is 1. The predicted octanol–water partition coefficient (Wildman–Crippen LogP) is 2.81. The number of aromatic nitrogens is 2. The van der Waals surface area contributed by atoms with Crippen LogP contribution in [0, 0.1) is 5.92 Å². The summed E-state index contributed by atoms with van der Waals surface area (Å²) < 4.78 is 53.5. The number of allylic oxidation sites excluding steroid dienone is 1. The van der Waals surface area contributed by atoms with Gasteiger partial charge in [0.25, 0.3) is 12.3 Å². The van der Waals surface area contributed by atoms with Crippen molar-refractivity contribution in [1.29, 1.82) is 0 Å². The summed E-state index contributed by atoms with van der Waals surface area (Å²) in [5.41, 5.74) is -0.985. The van der Waals surface area contributed by atoms with Crippen molar-refractivity contribution in [1.82, 2.24) is 9.78 Å². The molecular formula is C10H10F4N2. The summed E-state index contributed by atoms with van der Waals surface area (Å²) in [6, 6.07) is 0. The van der Waals surface area contributed by atoms with Gasteiger partial charge in [-0.2, -0.15) is 13.9 Å². The molecule has 0 saturated carbocycles. The molecule has 0 fully saturated rings. The molecule has 1 aromatic rings. The van der Waals surface area contributed by atoms with Crippen LogP contribution < -0.4 is 0 Å². The van der Waals surface area contributed by atoms with Crippen molar-refractivity contribution in [2.45, 2.75) is 18.8 Å². The maximum Gasteiger partial charge on any atom is 0.296 e. The molecule has 0 aromatic carbocycles. The largest absolute Gasteiger partial charge is 0.296 e. The molecule has 88 valence electrons. The van der Waals surface area contributed by atoms with Crippen molar-refractivity contribution in [2.75, 3.05) is 0 Å². The average Bonchev–Trinajstić information content (AvgIpc) is 2.63. The molecule has 0 aliphatic heterocycles. The van der Waals surface area contributed by atoms with Crippen molar-refractivity contribution in [3.8, 4) is 0 Å². The topological polar surface area (TPSA) is 17.8 Å². The molecule has 1 aromatic heterocycles. The van der Waals surface area contributed by atoms with Crippen LogP contribution in [-0.4, -0.2) is 9.78 Å².